The van der Waals surface area contributed by atoms with Crippen LogP contribution in [0.5, 0.6) is 5.75 Å². The van der Waals surface area contributed by atoms with E-state index in [-0.39, 0.29) is 6.10 Å². The molecule has 1 atom stereocenters. The first-order valence-corrected chi connectivity index (χ1v) is 8.00. The number of halogens is 1. The number of ether oxygens (including phenoxy) is 1. The second-order valence-corrected chi connectivity index (χ2v) is 6.22. The van der Waals surface area contributed by atoms with Gasteiger partial charge in [0.1, 0.15) is 17.9 Å². The number of rotatable bonds is 3. The number of anilines is 1. The summed E-state index contributed by atoms with van der Waals surface area (Å²) in [6, 6.07) is 11.7. The molecule has 5 heteroatoms. The van der Waals surface area contributed by atoms with Crippen LogP contribution in [0.2, 0.25) is 5.02 Å². The van der Waals surface area contributed by atoms with Gasteiger partial charge in [0.25, 0.3) is 0 Å². The number of nitrogens with zero attached hydrogens (tertiary/aromatic N) is 3. The van der Waals surface area contributed by atoms with Crippen molar-refractivity contribution in [2.75, 3.05) is 18.0 Å². The summed E-state index contributed by atoms with van der Waals surface area (Å²) in [5, 5.41) is 10.1. The summed E-state index contributed by atoms with van der Waals surface area (Å²) in [6.45, 7) is 5.45. The van der Waals surface area contributed by atoms with E-state index in [0.29, 0.717) is 10.6 Å². The van der Waals surface area contributed by atoms with Crippen LogP contribution in [0.1, 0.15) is 23.4 Å². The molecule has 1 aromatic carbocycles. The average Bonchev–Trinajstić information content (AvgIpc) is 2.95. The third-order valence-electron chi connectivity index (χ3n) is 4.00. The fraction of sp³-hybridized carbons (Fsp3) is 0.333. The van der Waals surface area contributed by atoms with Gasteiger partial charge in [0.15, 0.2) is 0 Å². The maximum absolute atomic E-state index is 9.42. The van der Waals surface area contributed by atoms with Gasteiger partial charge in [-0.3, -0.25) is 4.98 Å². The second kappa shape index (κ2) is 6.47. The summed E-state index contributed by atoms with van der Waals surface area (Å²) < 4.78 is 6.02. The molecule has 0 amide bonds. The maximum atomic E-state index is 9.42. The summed E-state index contributed by atoms with van der Waals surface area (Å²) in [4.78, 5) is 6.58. The first-order valence-electron chi connectivity index (χ1n) is 7.62. The first-order chi connectivity index (χ1) is 11.1. The molecule has 1 unspecified atom stereocenters. The van der Waals surface area contributed by atoms with E-state index in [1.165, 1.54) is 0 Å². The van der Waals surface area contributed by atoms with E-state index in [4.69, 9.17) is 16.3 Å². The van der Waals surface area contributed by atoms with Crippen molar-refractivity contribution in [1.82, 2.24) is 4.98 Å². The monoisotopic (exact) mass is 327 g/mol. The van der Waals surface area contributed by atoms with Gasteiger partial charge in [-0.1, -0.05) is 17.7 Å². The summed E-state index contributed by atoms with van der Waals surface area (Å²) in [6.07, 6.45) is 1.01. The van der Waals surface area contributed by atoms with E-state index in [0.717, 1.165) is 42.3 Å². The zero-order valence-electron chi connectivity index (χ0n) is 13.2. The highest BCUT2D eigenvalue weighted by atomic mass is 35.5. The van der Waals surface area contributed by atoms with Crippen molar-refractivity contribution in [3.63, 3.8) is 0 Å². The smallest absolute Gasteiger partial charge is 0.121 e. The number of nitriles is 1. The van der Waals surface area contributed by atoms with Crippen LogP contribution < -0.4 is 9.64 Å². The Labute approximate surface area is 141 Å². The molecule has 118 valence electrons. The van der Waals surface area contributed by atoms with E-state index >= 15 is 0 Å². The van der Waals surface area contributed by atoms with Crippen molar-refractivity contribution in [3.8, 4) is 11.8 Å². The Morgan fingerprint density at radius 3 is 2.91 bits per heavy atom. The molecule has 1 saturated heterocycles. The van der Waals surface area contributed by atoms with Gasteiger partial charge in [0, 0.05) is 23.7 Å². The van der Waals surface area contributed by atoms with Gasteiger partial charge in [-0.2, -0.15) is 5.26 Å². The highest BCUT2D eigenvalue weighted by Gasteiger charge is 2.26. The van der Waals surface area contributed by atoms with Crippen molar-refractivity contribution in [1.29, 1.82) is 5.26 Å². The minimum absolute atomic E-state index is 0.0915. The largest absolute Gasteiger partial charge is 0.488 e. The van der Waals surface area contributed by atoms with Crippen LogP contribution in [0, 0.1) is 25.2 Å². The maximum Gasteiger partial charge on any atom is 0.121 e. The Morgan fingerprint density at radius 1 is 1.35 bits per heavy atom. The van der Waals surface area contributed by atoms with E-state index in [1.807, 2.05) is 44.2 Å². The third kappa shape index (κ3) is 3.40. The molecular formula is C18H18ClN3O. The third-order valence-corrected chi connectivity index (χ3v) is 4.24. The van der Waals surface area contributed by atoms with Gasteiger partial charge < -0.3 is 9.64 Å². The van der Waals surface area contributed by atoms with Crippen LogP contribution >= 0.6 is 11.6 Å². The minimum atomic E-state index is 0.0915. The van der Waals surface area contributed by atoms with Gasteiger partial charge in [-0.05, 0) is 38.1 Å². The zero-order valence-corrected chi connectivity index (χ0v) is 14.0. The Morgan fingerprint density at radius 2 is 2.17 bits per heavy atom. The number of hydrogen-bond donors (Lipinski definition) is 0. The molecule has 0 saturated carbocycles. The molecule has 0 aliphatic carbocycles. The Balaban J connectivity index is 1.77. The average molecular weight is 328 g/mol. The number of hydrogen-bond acceptors (Lipinski definition) is 4. The predicted molar refractivity (Wildman–Crippen MR) is 91.1 cm³/mol. The van der Waals surface area contributed by atoms with E-state index in [9.17, 15) is 5.26 Å². The van der Waals surface area contributed by atoms with Gasteiger partial charge in [-0.25, -0.2) is 0 Å². The SMILES string of the molecule is Cc1cc(N2CCC(Oc3cccc(Cl)c3)C2)c(C#N)c(C)n1. The zero-order chi connectivity index (χ0) is 16.4. The highest BCUT2D eigenvalue weighted by molar-refractivity contribution is 6.30. The predicted octanol–water partition coefficient (Wildman–Crippen LogP) is 3.88. The molecule has 0 radical (unpaired) electrons. The van der Waals surface area contributed by atoms with Crippen molar-refractivity contribution >= 4 is 17.3 Å². The van der Waals surface area contributed by atoms with Crippen LogP contribution in [0.25, 0.3) is 0 Å². The lowest BCUT2D eigenvalue weighted by molar-refractivity contribution is 0.225. The van der Waals surface area contributed by atoms with Crippen LogP contribution in [-0.2, 0) is 0 Å². The molecule has 2 aromatic rings. The standard InChI is InChI=1S/C18H18ClN3O/c1-12-8-18(17(10-20)13(2)21-12)22-7-6-16(11-22)23-15-5-3-4-14(19)9-15/h3-5,8-9,16H,6-7,11H2,1-2H3. The fourth-order valence-electron chi connectivity index (χ4n) is 2.97. The number of aryl methyl sites for hydroxylation is 2. The fourth-order valence-corrected chi connectivity index (χ4v) is 3.15. The van der Waals surface area contributed by atoms with Crippen LogP contribution in [0.4, 0.5) is 5.69 Å². The van der Waals surface area contributed by atoms with Crippen LogP contribution in [-0.4, -0.2) is 24.2 Å². The quantitative estimate of drug-likeness (QED) is 0.858. The molecule has 1 aliphatic heterocycles. The molecule has 0 spiro atoms. The number of benzene rings is 1. The van der Waals surface area contributed by atoms with Crippen LogP contribution in [0.3, 0.4) is 0 Å². The molecule has 0 N–H and O–H groups in total. The molecule has 1 aliphatic rings. The lowest BCUT2D eigenvalue weighted by Gasteiger charge is -2.21. The molecule has 2 heterocycles. The Hall–Kier alpha value is -2.25. The second-order valence-electron chi connectivity index (χ2n) is 5.79. The molecule has 3 rings (SSSR count). The Kier molecular flexibility index (Phi) is 4.40. The summed E-state index contributed by atoms with van der Waals surface area (Å²) in [7, 11) is 0. The molecular weight excluding hydrogens is 310 g/mol. The number of pyridine rings is 1. The minimum Gasteiger partial charge on any atom is -0.488 e. The summed E-state index contributed by atoms with van der Waals surface area (Å²) in [5.74, 6) is 0.784. The van der Waals surface area contributed by atoms with E-state index in [1.54, 1.807) is 0 Å². The lowest BCUT2D eigenvalue weighted by atomic mass is 10.1. The van der Waals surface area contributed by atoms with E-state index < -0.39 is 0 Å². The molecule has 4 nitrogen and oxygen atoms in total. The molecule has 1 aromatic heterocycles. The number of aromatic nitrogens is 1. The molecule has 1 fully saturated rings. The normalized spacial score (nSPS) is 17.1. The highest BCUT2D eigenvalue weighted by Crippen LogP contribution is 2.28. The van der Waals surface area contributed by atoms with E-state index in [2.05, 4.69) is 16.0 Å². The lowest BCUT2D eigenvalue weighted by Crippen LogP contribution is -2.25. The van der Waals surface area contributed by atoms with Crippen molar-refractivity contribution in [2.45, 2.75) is 26.4 Å². The van der Waals surface area contributed by atoms with Gasteiger partial charge >= 0.3 is 0 Å². The van der Waals surface area contributed by atoms with Crippen molar-refractivity contribution < 1.29 is 4.74 Å². The molecule has 0 bridgehead atoms. The summed E-state index contributed by atoms with van der Waals surface area (Å²) in [5.41, 5.74) is 3.31. The summed E-state index contributed by atoms with van der Waals surface area (Å²) >= 11 is 6.00. The topological polar surface area (TPSA) is 49.1 Å². The van der Waals surface area contributed by atoms with Gasteiger partial charge in [0.2, 0.25) is 0 Å². The Bertz CT molecular complexity index is 769. The van der Waals surface area contributed by atoms with Gasteiger partial charge in [0.05, 0.1) is 23.5 Å². The first kappa shape index (κ1) is 15.6. The van der Waals surface area contributed by atoms with Gasteiger partial charge in [-0.15, -0.1) is 0 Å². The van der Waals surface area contributed by atoms with Crippen molar-refractivity contribution in [2.24, 2.45) is 0 Å². The van der Waals surface area contributed by atoms with Crippen LogP contribution in [0.15, 0.2) is 30.3 Å². The van der Waals surface area contributed by atoms with Crippen molar-refractivity contribution in [3.05, 3.63) is 52.3 Å². The molecule has 23 heavy (non-hydrogen) atoms.